The lowest BCUT2D eigenvalue weighted by Gasteiger charge is -2.06. The van der Waals surface area contributed by atoms with Gasteiger partial charge in [-0.25, -0.2) is 4.99 Å². The zero-order chi connectivity index (χ0) is 14.7. The van der Waals surface area contributed by atoms with Gasteiger partial charge in [0.25, 0.3) is 0 Å². The lowest BCUT2D eigenvalue weighted by atomic mass is 10.1. The van der Waals surface area contributed by atoms with Gasteiger partial charge >= 0.3 is 0 Å². The predicted molar refractivity (Wildman–Crippen MR) is 85.3 cm³/mol. The average Bonchev–Trinajstić information content (AvgIpc) is 2.53. The van der Waals surface area contributed by atoms with Crippen LogP contribution in [-0.2, 0) is 0 Å². The van der Waals surface area contributed by atoms with E-state index < -0.39 is 0 Å². The molecule has 21 heavy (non-hydrogen) atoms. The summed E-state index contributed by atoms with van der Waals surface area (Å²) in [6, 6.07) is 7.18. The topological polar surface area (TPSA) is 70.2 Å². The molecule has 104 valence electrons. The van der Waals surface area contributed by atoms with Gasteiger partial charge in [-0.3, -0.25) is 4.98 Å². The molecule has 0 radical (unpaired) electrons. The normalized spacial score (nSPS) is 16.8. The van der Waals surface area contributed by atoms with Gasteiger partial charge in [-0.2, -0.15) is 5.10 Å². The summed E-state index contributed by atoms with van der Waals surface area (Å²) in [5, 5.41) is 19.1. The lowest BCUT2D eigenvalue weighted by molar-refractivity contribution is 0.480. The van der Waals surface area contributed by atoms with Crippen molar-refractivity contribution in [1.82, 2.24) is 4.98 Å². The summed E-state index contributed by atoms with van der Waals surface area (Å²) in [6.45, 7) is 1.88. The Hall–Kier alpha value is -2.82. The number of para-hydroxylation sites is 1. The summed E-state index contributed by atoms with van der Waals surface area (Å²) in [5.74, 6) is 0.841. The number of aliphatic imine (C=N–C) groups is 1. The van der Waals surface area contributed by atoms with Gasteiger partial charge in [-0.05, 0) is 25.1 Å². The largest absolute Gasteiger partial charge is 0.506 e. The van der Waals surface area contributed by atoms with Crippen LogP contribution >= 0.6 is 0 Å². The number of aromatic nitrogens is 1. The van der Waals surface area contributed by atoms with Gasteiger partial charge in [0, 0.05) is 29.8 Å². The van der Waals surface area contributed by atoms with E-state index >= 15 is 0 Å². The van der Waals surface area contributed by atoms with Crippen molar-refractivity contribution in [3.05, 3.63) is 48.2 Å². The summed E-state index contributed by atoms with van der Waals surface area (Å²) >= 11 is 0. The van der Waals surface area contributed by atoms with Crippen molar-refractivity contribution in [2.75, 3.05) is 0 Å². The third-order valence-corrected chi connectivity index (χ3v) is 3.20. The molecule has 0 bridgehead atoms. The predicted octanol–water partition coefficient (Wildman–Crippen LogP) is 3.09. The summed E-state index contributed by atoms with van der Waals surface area (Å²) in [6.07, 6.45) is 7.91. The Balaban J connectivity index is 2.02. The Morgan fingerprint density at radius 2 is 2.19 bits per heavy atom. The summed E-state index contributed by atoms with van der Waals surface area (Å²) in [4.78, 5) is 8.35. The first kappa shape index (κ1) is 13.2. The highest BCUT2D eigenvalue weighted by atomic mass is 16.3. The maximum atomic E-state index is 9.85. The average molecular weight is 278 g/mol. The van der Waals surface area contributed by atoms with E-state index in [2.05, 4.69) is 20.2 Å². The smallest absolute Gasteiger partial charge is 0.154 e. The van der Waals surface area contributed by atoms with Crippen LogP contribution in [0.15, 0.2) is 57.8 Å². The molecule has 0 fully saturated rings. The molecule has 2 heterocycles. The maximum absolute atomic E-state index is 9.85. The second kappa shape index (κ2) is 5.66. The number of fused-ring (bicyclic) bond motifs is 1. The number of allylic oxidation sites excluding steroid dienone is 1. The number of dihydropyridines is 1. The first-order chi connectivity index (χ1) is 10.3. The van der Waals surface area contributed by atoms with E-state index in [1.807, 2.05) is 31.2 Å². The minimum absolute atomic E-state index is 0.162. The molecule has 1 aromatic heterocycles. The van der Waals surface area contributed by atoms with Gasteiger partial charge in [0.1, 0.15) is 11.3 Å². The van der Waals surface area contributed by atoms with Crippen LogP contribution < -0.4 is 0 Å². The van der Waals surface area contributed by atoms with Crippen molar-refractivity contribution < 1.29 is 5.11 Å². The Morgan fingerprint density at radius 3 is 3.00 bits per heavy atom. The minimum Gasteiger partial charge on any atom is -0.506 e. The number of nitrogens with zero attached hydrogens (tertiary/aromatic N) is 4. The van der Waals surface area contributed by atoms with Gasteiger partial charge in [0.2, 0.25) is 0 Å². The highest BCUT2D eigenvalue weighted by molar-refractivity contribution is 6.10. The van der Waals surface area contributed by atoms with Crippen LogP contribution in [0.4, 0.5) is 0 Å². The molecule has 1 N–H and O–H groups in total. The molecule has 3 rings (SSSR count). The van der Waals surface area contributed by atoms with Crippen molar-refractivity contribution in [3.8, 4) is 5.75 Å². The van der Waals surface area contributed by atoms with Crippen molar-refractivity contribution in [1.29, 1.82) is 0 Å². The van der Waals surface area contributed by atoms with Crippen LogP contribution in [0.25, 0.3) is 10.9 Å². The van der Waals surface area contributed by atoms with E-state index in [4.69, 9.17) is 0 Å². The molecule has 0 atom stereocenters. The summed E-state index contributed by atoms with van der Waals surface area (Å²) in [5.41, 5.74) is 2.22. The third-order valence-electron chi connectivity index (χ3n) is 3.20. The number of hydrogen-bond donors (Lipinski definition) is 1. The number of benzene rings is 1. The number of hydrogen-bond acceptors (Lipinski definition) is 4. The van der Waals surface area contributed by atoms with E-state index in [1.54, 1.807) is 24.5 Å². The Labute approximate surface area is 122 Å². The van der Waals surface area contributed by atoms with E-state index in [0.717, 1.165) is 16.7 Å². The molecular formula is C16H14N4O. The van der Waals surface area contributed by atoms with E-state index in [9.17, 15) is 5.11 Å². The molecule has 1 aliphatic rings. The molecule has 0 saturated carbocycles. The highest BCUT2D eigenvalue weighted by Gasteiger charge is 2.07. The maximum Gasteiger partial charge on any atom is 0.154 e. The van der Waals surface area contributed by atoms with Crippen LogP contribution in [0.2, 0.25) is 0 Å². The molecule has 5 heteroatoms. The van der Waals surface area contributed by atoms with Crippen LogP contribution in [-0.4, -0.2) is 27.9 Å². The van der Waals surface area contributed by atoms with E-state index in [-0.39, 0.29) is 5.75 Å². The molecule has 0 spiro atoms. The summed E-state index contributed by atoms with van der Waals surface area (Å²) in [7, 11) is 0. The molecule has 2 aromatic rings. The second-order valence-corrected chi connectivity index (χ2v) is 4.64. The number of phenolic OH excluding ortho intramolecular Hbond substituents is 1. The second-order valence-electron chi connectivity index (χ2n) is 4.64. The highest BCUT2D eigenvalue weighted by Crippen LogP contribution is 2.25. The number of rotatable bonds is 2. The van der Waals surface area contributed by atoms with Crippen LogP contribution in [0.1, 0.15) is 18.9 Å². The molecular weight excluding hydrogens is 264 g/mol. The van der Waals surface area contributed by atoms with Gasteiger partial charge in [0.05, 0.1) is 5.71 Å². The fourth-order valence-corrected chi connectivity index (χ4v) is 2.15. The quantitative estimate of drug-likeness (QED) is 0.677. The van der Waals surface area contributed by atoms with Crippen LogP contribution in [0.3, 0.4) is 0 Å². The van der Waals surface area contributed by atoms with E-state index in [1.165, 1.54) is 0 Å². The van der Waals surface area contributed by atoms with Crippen molar-refractivity contribution in [2.45, 2.75) is 13.3 Å². The minimum atomic E-state index is 0.162. The molecule has 0 amide bonds. The number of amidine groups is 1. The van der Waals surface area contributed by atoms with Gasteiger partial charge in [-0.15, -0.1) is 5.10 Å². The number of aromatic hydroxyl groups is 1. The first-order valence-electron chi connectivity index (χ1n) is 6.63. The van der Waals surface area contributed by atoms with Crippen LogP contribution in [0, 0.1) is 0 Å². The Kier molecular flexibility index (Phi) is 3.55. The Morgan fingerprint density at radius 1 is 1.29 bits per heavy atom. The molecule has 0 aliphatic carbocycles. The fourth-order valence-electron chi connectivity index (χ4n) is 2.15. The molecule has 0 saturated heterocycles. The molecule has 1 aliphatic heterocycles. The van der Waals surface area contributed by atoms with Gasteiger partial charge < -0.3 is 5.11 Å². The zero-order valence-corrected chi connectivity index (χ0v) is 11.6. The lowest BCUT2D eigenvalue weighted by Crippen LogP contribution is -1.99. The third kappa shape index (κ3) is 2.72. The first-order valence-corrected chi connectivity index (χ1v) is 6.63. The molecule has 1 aromatic carbocycles. The van der Waals surface area contributed by atoms with Gasteiger partial charge in [0.15, 0.2) is 5.84 Å². The summed E-state index contributed by atoms with van der Waals surface area (Å²) < 4.78 is 0. The SMILES string of the molecule is CC(=NN=C1CC=CC=N1)c1ccnc2c(O)cccc12. The Bertz CT molecular complexity index is 803. The van der Waals surface area contributed by atoms with Gasteiger partial charge in [-0.1, -0.05) is 18.2 Å². The molecule has 5 nitrogen and oxygen atoms in total. The van der Waals surface area contributed by atoms with Crippen molar-refractivity contribution in [2.24, 2.45) is 15.2 Å². The fraction of sp³-hybridized carbons (Fsp3) is 0.125. The molecule has 0 unspecified atom stereocenters. The van der Waals surface area contributed by atoms with Crippen LogP contribution in [0.5, 0.6) is 5.75 Å². The standard InChI is InChI=1S/C16H14N4O/c1-11(19-20-15-7-2-3-9-17-15)12-8-10-18-16-13(12)5-4-6-14(16)21/h2-6,8-10,21H,7H2,1H3. The number of pyridine rings is 1. The number of phenols is 1. The monoisotopic (exact) mass is 278 g/mol. The van der Waals surface area contributed by atoms with E-state index in [0.29, 0.717) is 17.8 Å². The zero-order valence-electron chi connectivity index (χ0n) is 11.6. The van der Waals surface area contributed by atoms with Crippen molar-refractivity contribution >= 4 is 28.7 Å². The van der Waals surface area contributed by atoms with Crippen molar-refractivity contribution in [3.63, 3.8) is 0 Å².